The lowest BCUT2D eigenvalue weighted by Gasteiger charge is -1.92. The molecule has 3 heteroatoms. The van der Waals surface area contributed by atoms with Gasteiger partial charge >= 0.3 is 5.97 Å². The van der Waals surface area contributed by atoms with Gasteiger partial charge in [-0.25, -0.2) is 4.79 Å². The lowest BCUT2D eigenvalue weighted by molar-refractivity contribution is 0.0702. The van der Waals surface area contributed by atoms with Crippen LogP contribution in [0.4, 0.5) is 0 Å². The Bertz CT molecular complexity index is 564. The monoisotopic (exact) mass is 256 g/mol. The summed E-state index contributed by atoms with van der Waals surface area (Å²) in [6.07, 6.45) is 0. The van der Waals surface area contributed by atoms with E-state index in [2.05, 4.69) is 48.5 Å². The number of hydrogen-bond acceptors (Lipinski definition) is 1. The van der Waals surface area contributed by atoms with Crippen LogP contribution in [0.3, 0.4) is 0 Å². The summed E-state index contributed by atoms with van der Waals surface area (Å²) in [4.78, 5) is 10.1. The molecule has 1 atom stereocenters. The van der Waals surface area contributed by atoms with E-state index >= 15 is 0 Å². The van der Waals surface area contributed by atoms with Crippen LogP contribution in [-0.4, -0.2) is 11.1 Å². The Morgan fingerprint density at radius 1 is 0.833 bits per heavy atom. The van der Waals surface area contributed by atoms with Gasteiger partial charge in [-0.15, -0.1) is 8.19 Å². The number of aromatic carboxylic acids is 1. The van der Waals surface area contributed by atoms with E-state index in [9.17, 15) is 4.79 Å². The Kier molecular flexibility index (Phi) is 4.16. The number of fused-ring (bicyclic) bond motifs is 1. The molecule has 3 aromatic rings. The smallest absolute Gasteiger partial charge is 0.339 e. The number of benzene rings is 2. The first kappa shape index (κ1) is 12.4. The van der Waals surface area contributed by atoms with E-state index in [-0.39, 0.29) is 0 Å². The quantitative estimate of drug-likeness (QED) is 0.706. The molecule has 18 heavy (non-hydrogen) atoms. The number of carboxylic acid groups (broad SMARTS) is 1. The van der Waals surface area contributed by atoms with E-state index in [1.165, 1.54) is 10.8 Å². The molecule has 1 unspecified atom stereocenters. The number of carbonyl (C=O) groups is 1. The zero-order valence-electron chi connectivity index (χ0n) is 9.71. The molecule has 0 radical (unpaired) electrons. The van der Waals surface area contributed by atoms with Gasteiger partial charge in [0.25, 0.3) is 0 Å². The highest BCUT2D eigenvalue weighted by Crippen LogP contribution is 2.13. The fraction of sp³-hybridized carbons (Fsp3) is 0. The van der Waals surface area contributed by atoms with E-state index in [0.717, 1.165) is 0 Å². The van der Waals surface area contributed by atoms with Crippen LogP contribution in [-0.2, 0) is 0 Å². The van der Waals surface area contributed by atoms with Gasteiger partial charge in [-0.3, -0.25) is 0 Å². The highest BCUT2D eigenvalue weighted by Gasteiger charge is 1.97. The first-order chi connectivity index (χ1) is 8.77. The van der Waals surface area contributed by atoms with Crippen molar-refractivity contribution in [1.82, 2.24) is 0 Å². The van der Waals surface area contributed by atoms with Crippen molar-refractivity contribution in [3.05, 3.63) is 71.8 Å². The van der Waals surface area contributed by atoms with Crippen molar-refractivity contribution in [1.29, 1.82) is 0 Å². The average Bonchev–Trinajstić information content (AvgIpc) is 2.94. The summed E-state index contributed by atoms with van der Waals surface area (Å²) in [6, 6.07) is 20.1. The van der Waals surface area contributed by atoms with Crippen molar-refractivity contribution >= 4 is 24.9 Å². The molecule has 0 amide bonds. The molecule has 0 spiro atoms. The molecule has 90 valence electrons. The Morgan fingerprint density at radius 2 is 1.33 bits per heavy atom. The Morgan fingerprint density at radius 3 is 1.61 bits per heavy atom. The average molecular weight is 256 g/mol. The van der Waals surface area contributed by atoms with Crippen molar-refractivity contribution in [2.75, 3.05) is 0 Å². The second-order valence-electron chi connectivity index (χ2n) is 3.74. The summed E-state index contributed by atoms with van der Waals surface area (Å²) in [5, 5.41) is 11.4. The van der Waals surface area contributed by atoms with E-state index in [1.54, 1.807) is 12.1 Å². The third-order valence-electron chi connectivity index (χ3n) is 2.49. The molecule has 1 aromatic heterocycles. The minimum atomic E-state index is -0.798. The van der Waals surface area contributed by atoms with Crippen molar-refractivity contribution < 1.29 is 9.90 Å². The molecule has 1 heterocycles. The minimum absolute atomic E-state index is 0.361. The van der Waals surface area contributed by atoms with Gasteiger partial charge in [-0.1, -0.05) is 54.6 Å². The van der Waals surface area contributed by atoms with Gasteiger partial charge < -0.3 is 5.11 Å². The highest BCUT2D eigenvalue weighted by atomic mass is 31.0. The lowest BCUT2D eigenvalue weighted by atomic mass is 10.1. The van der Waals surface area contributed by atoms with Gasteiger partial charge in [-0.2, -0.15) is 0 Å². The zero-order chi connectivity index (χ0) is 12.8. The molecule has 0 aliphatic rings. The Labute approximate surface area is 107 Å². The summed E-state index contributed by atoms with van der Waals surface area (Å²) in [7, 11) is 0.361. The van der Waals surface area contributed by atoms with Crippen LogP contribution in [0.5, 0.6) is 0 Å². The van der Waals surface area contributed by atoms with Gasteiger partial charge in [0.15, 0.2) is 0 Å². The SMILES string of the molecule is O=C(O)c1ccc[pH]1.c1ccc2ccccc2c1. The Balaban J connectivity index is 0.000000138. The molecule has 0 saturated carbocycles. The summed E-state index contributed by atoms with van der Waals surface area (Å²) in [6.45, 7) is 0. The molecule has 0 aliphatic heterocycles. The fourth-order valence-corrected chi connectivity index (χ4v) is 2.28. The molecular weight excluding hydrogens is 243 g/mol. The predicted octanol–water partition coefficient (Wildman–Crippen LogP) is 4.26. The van der Waals surface area contributed by atoms with E-state index in [4.69, 9.17) is 5.11 Å². The van der Waals surface area contributed by atoms with Gasteiger partial charge in [0, 0.05) is 0 Å². The minimum Gasteiger partial charge on any atom is -0.477 e. The topological polar surface area (TPSA) is 37.3 Å². The number of carboxylic acids is 1. The first-order valence-electron chi connectivity index (χ1n) is 5.58. The van der Waals surface area contributed by atoms with Crippen molar-refractivity contribution in [3.8, 4) is 0 Å². The Hall–Kier alpha value is -2.05. The zero-order valence-corrected chi connectivity index (χ0v) is 10.7. The summed E-state index contributed by atoms with van der Waals surface area (Å²) in [5.41, 5.74) is 0. The maximum atomic E-state index is 10.1. The highest BCUT2D eigenvalue weighted by molar-refractivity contribution is 7.31. The molecule has 3 rings (SSSR count). The molecular formula is C15H13O2P. The second kappa shape index (κ2) is 6.04. The van der Waals surface area contributed by atoms with E-state index in [1.807, 2.05) is 5.80 Å². The van der Waals surface area contributed by atoms with Crippen LogP contribution < -0.4 is 0 Å². The molecule has 2 aromatic carbocycles. The van der Waals surface area contributed by atoms with Gasteiger partial charge in [0.1, 0.15) is 0 Å². The van der Waals surface area contributed by atoms with Crippen LogP contribution in [0.25, 0.3) is 10.8 Å². The van der Waals surface area contributed by atoms with Crippen molar-refractivity contribution in [2.45, 2.75) is 0 Å². The van der Waals surface area contributed by atoms with Crippen LogP contribution in [0, 0.1) is 0 Å². The third kappa shape index (κ3) is 3.22. The molecule has 0 bridgehead atoms. The molecule has 1 N–H and O–H groups in total. The van der Waals surface area contributed by atoms with Crippen LogP contribution >= 0.6 is 8.19 Å². The van der Waals surface area contributed by atoms with E-state index < -0.39 is 5.97 Å². The first-order valence-corrected chi connectivity index (χ1v) is 6.65. The normalized spacial score (nSPS) is 10.0. The number of rotatable bonds is 1. The molecule has 0 aliphatic carbocycles. The fourth-order valence-electron chi connectivity index (χ4n) is 1.60. The van der Waals surface area contributed by atoms with E-state index in [0.29, 0.717) is 13.5 Å². The van der Waals surface area contributed by atoms with Gasteiger partial charge in [0.2, 0.25) is 0 Å². The maximum Gasteiger partial charge on any atom is 0.339 e. The van der Waals surface area contributed by atoms with Crippen molar-refractivity contribution in [3.63, 3.8) is 0 Å². The second-order valence-corrected chi connectivity index (χ2v) is 4.90. The van der Waals surface area contributed by atoms with Crippen molar-refractivity contribution in [2.24, 2.45) is 0 Å². The molecule has 0 fully saturated rings. The van der Waals surface area contributed by atoms with Crippen LogP contribution in [0.2, 0.25) is 0 Å². The van der Waals surface area contributed by atoms with Gasteiger partial charge in [0.05, 0.1) is 5.30 Å². The van der Waals surface area contributed by atoms with Gasteiger partial charge in [-0.05, 0) is 22.6 Å². The summed E-state index contributed by atoms with van der Waals surface area (Å²) < 4.78 is 0. The van der Waals surface area contributed by atoms with Crippen LogP contribution in [0.15, 0.2) is 66.5 Å². The largest absolute Gasteiger partial charge is 0.477 e. The number of hydrogen-bond donors (Lipinski definition) is 1. The summed E-state index contributed by atoms with van der Waals surface area (Å²) >= 11 is 0. The molecule has 0 saturated heterocycles. The predicted molar refractivity (Wildman–Crippen MR) is 76.9 cm³/mol. The molecule has 2 nitrogen and oxygen atoms in total. The summed E-state index contributed by atoms with van der Waals surface area (Å²) in [5.74, 6) is 1.05. The standard InChI is InChI=1S/C10H8.C5H5O2P/c1-2-6-10-8-4-3-7-9(10)5-1;6-5(7)4-2-1-3-8-4/h1-8H;1-3,8H,(H,6,7). The lowest BCUT2D eigenvalue weighted by Crippen LogP contribution is -1.88. The van der Waals surface area contributed by atoms with Crippen LogP contribution in [0.1, 0.15) is 10.1 Å². The third-order valence-corrected chi connectivity index (χ3v) is 3.54. The maximum absolute atomic E-state index is 10.1.